The van der Waals surface area contributed by atoms with E-state index in [1.54, 1.807) is 0 Å². The predicted octanol–water partition coefficient (Wildman–Crippen LogP) is 2.99. The maximum Gasteiger partial charge on any atom is 0.139 e. The molecule has 0 unspecified atom stereocenters. The summed E-state index contributed by atoms with van der Waals surface area (Å²) < 4.78 is 0. The van der Waals surface area contributed by atoms with Gasteiger partial charge in [-0.3, -0.25) is 4.79 Å². The average Bonchev–Trinajstić information content (AvgIpc) is 3.03. The van der Waals surface area contributed by atoms with Gasteiger partial charge in [0, 0.05) is 22.7 Å². The van der Waals surface area contributed by atoms with Gasteiger partial charge in [-0.1, -0.05) is 40.7 Å². The van der Waals surface area contributed by atoms with E-state index < -0.39 is 23.7 Å². The normalized spacial score (nSPS) is 52.5. The van der Waals surface area contributed by atoms with E-state index >= 15 is 0 Å². The Morgan fingerprint density at radius 3 is 2.17 bits per heavy atom. The summed E-state index contributed by atoms with van der Waals surface area (Å²) in [4.78, 5) is 12.8. The summed E-state index contributed by atoms with van der Waals surface area (Å²) in [6.07, 6.45) is 5.23. The SMILES string of the molecule is CC1(C)C[C@]2(CC[C@]3(C)C(=CC[C@@H]4[C@@]5(C)C[C@@H](O)[C@@H](O)C(CO)(CO)[C@@H]5CC[C@]43C)[C@H]2O)CC1=O. The van der Waals surface area contributed by atoms with Crippen molar-refractivity contribution in [3.05, 3.63) is 11.6 Å². The molecule has 0 bridgehead atoms. The molecular formula is C29H46O6. The molecule has 0 aromatic carbocycles. The van der Waals surface area contributed by atoms with Crippen LogP contribution in [0.5, 0.6) is 0 Å². The highest BCUT2D eigenvalue weighted by molar-refractivity contribution is 5.87. The van der Waals surface area contributed by atoms with Crippen LogP contribution in [-0.2, 0) is 4.79 Å². The van der Waals surface area contributed by atoms with Crippen LogP contribution >= 0.6 is 0 Å². The summed E-state index contributed by atoms with van der Waals surface area (Å²) in [5.74, 6) is 0.339. The molecule has 0 aliphatic heterocycles. The number of aliphatic hydroxyl groups excluding tert-OH is 5. The number of aliphatic hydroxyl groups is 5. The fraction of sp³-hybridized carbons (Fsp3) is 0.897. The van der Waals surface area contributed by atoms with Crippen LogP contribution in [0.2, 0.25) is 0 Å². The van der Waals surface area contributed by atoms with Crippen LogP contribution in [0, 0.1) is 44.3 Å². The van der Waals surface area contributed by atoms with E-state index in [0.29, 0.717) is 12.8 Å². The van der Waals surface area contributed by atoms with Crippen molar-refractivity contribution in [1.29, 1.82) is 0 Å². The fourth-order valence-corrected chi connectivity index (χ4v) is 10.5. The number of rotatable bonds is 2. The van der Waals surface area contributed by atoms with Crippen LogP contribution in [0.1, 0.15) is 86.0 Å². The molecule has 0 saturated heterocycles. The molecule has 6 heteroatoms. The molecule has 1 spiro atoms. The number of fused-ring (bicyclic) bond motifs is 5. The van der Waals surface area contributed by atoms with Crippen molar-refractivity contribution in [2.45, 2.75) is 104 Å². The van der Waals surface area contributed by atoms with Crippen molar-refractivity contribution >= 4 is 5.78 Å². The lowest BCUT2D eigenvalue weighted by Crippen LogP contribution is -2.69. The topological polar surface area (TPSA) is 118 Å². The molecule has 4 fully saturated rings. The first kappa shape index (κ1) is 25.8. The first-order valence-electron chi connectivity index (χ1n) is 13.7. The van der Waals surface area contributed by atoms with Gasteiger partial charge in [0.15, 0.2) is 0 Å². The van der Waals surface area contributed by atoms with Gasteiger partial charge in [0.1, 0.15) is 5.78 Å². The first-order chi connectivity index (χ1) is 16.2. The highest BCUT2D eigenvalue weighted by atomic mass is 16.3. The van der Waals surface area contributed by atoms with Crippen molar-refractivity contribution in [3.63, 3.8) is 0 Å². The Bertz CT molecular complexity index is 937. The summed E-state index contributed by atoms with van der Waals surface area (Å²) in [5.41, 5.74) is -1.52. The van der Waals surface area contributed by atoms with Gasteiger partial charge in [-0.25, -0.2) is 0 Å². The smallest absolute Gasteiger partial charge is 0.139 e. The number of hydrogen-bond acceptors (Lipinski definition) is 6. The maximum absolute atomic E-state index is 12.8. The minimum Gasteiger partial charge on any atom is -0.396 e. The Balaban J connectivity index is 1.56. The Hall–Kier alpha value is -0.790. The monoisotopic (exact) mass is 490 g/mol. The minimum absolute atomic E-state index is 0.104. The number of carbonyl (C=O) groups excluding carboxylic acids is 1. The zero-order chi connectivity index (χ0) is 25.8. The van der Waals surface area contributed by atoms with Crippen LogP contribution in [0.25, 0.3) is 0 Å². The fourth-order valence-electron chi connectivity index (χ4n) is 10.5. The predicted molar refractivity (Wildman–Crippen MR) is 132 cm³/mol. The lowest BCUT2D eigenvalue weighted by atomic mass is 9.34. The number of carbonyl (C=O) groups is 1. The Labute approximate surface area is 209 Å². The van der Waals surface area contributed by atoms with Gasteiger partial charge < -0.3 is 25.5 Å². The van der Waals surface area contributed by atoms with Crippen LogP contribution < -0.4 is 0 Å². The molecule has 0 heterocycles. The molecule has 35 heavy (non-hydrogen) atoms. The van der Waals surface area contributed by atoms with Crippen molar-refractivity contribution in [2.24, 2.45) is 44.3 Å². The zero-order valence-electron chi connectivity index (χ0n) is 22.2. The second kappa shape index (κ2) is 7.63. The molecule has 198 valence electrons. The van der Waals surface area contributed by atoms with Crippen LogP contribution in [-0.4, -0.2) is 62.8 Å². The van der Waals surface area contributed by atoms with Crippen molar-refractivity contribution < 1.29 is 30.3 Å². The van der Waals surface area contributed by atoms with E-state index in [-0.39, 0.29) is 57.9 Å². The van der Waals surface area contributed by atoms with Crippen LogP contribution in [0.4, 0.5) is 0 Å². The van der Waals surface area contributed by atoms with E-state index in [4.69, 9.17) is 0 Å². The minimum atomic E-state index is -1.15. The summed E-state index contributed by atoms with van der Waals surface area (Å²) >= 11 is 0. The van der Waals surface area contributed by atoms with E-state index in [2.05, 4.69) is 26.8 Å². The molecule has 5 aliphatic carbocycles. The lowest BCUT2D eigenvalue weighted by Gasteiger charge is -2.71. The third-order valence-electron chi connectivity index (χ3n) is 12.7. The molecule has 5 aliphatic rings. The van der Waals surface area contributed by atoms with Gasteiger partial charge in [-0.05, 0) is 78.6 Å². The average molecular weight is 491 g/mol. The molecule has 0 radical (unpaired) electrons. The standard InChI is InChI=1S/C29H46O6/c1-24(2)14-28(13-21(24)33)11-10-26(4)17(22(28)34)6-7-19-25(3)12-18(32)23(35)29(15-30,16-31)20(25)8-9-27(19,26)5/h6,18-20,22-23,30-32,34-35H,7-16H2,1-5H3/t18-,19-,20-,22-,23-,25-,26-,27-,28+/m1/s1. The molecular weight excluding hydrogens is 444 g/mol. The largest absolute Gasteiger partial charge is 0.396 e. The summed E-state index contributed by atoms with van der Waals surface area (Å²) in [5, 5.41) is 54.5. The van der Waals surface area contributed by atoms with E-state index in [0.717, 1.165) is 44.1 Å². The maximum atomic E-state index is 12.8. The Morgan fingerprint density at radius 2 is 1.60 bits per heavy atom. The molecule has 0 aromatic rings. The quantitative estimate of drug-likeness (QED) is 0.380. The summed E-state index contributed by atoms with van der Waals surface area (Å²) in [7, 11) is 0. The highest BCUT2D eigenvalue weighted by Gasteiger charge is 2.70. The van der Waals surface area contributed by atoms with Crippen molar-refractivity contribution in [1.82, 2.24) is 0 Å². The van der Waals surface area contributed by atoms with Gasteiger partial charge in [0.2, 0.25) is 0 Å². The number of allylic oxidation sites excluding steroid dienone is 1. The molecule has 4 saturated carbocycles. The summed E-state index contributed by atoms with van der Waals surface area (Å²) in [6, 6.07) is 0. The van der Waals surface area contributed by atoms with E-state index in [1.165, 1.54) is 0 Å². The Kier molecular flexibility index (Phi) is 5.63. The van der Waals surface area contributed by atoms with Crippen molar-refractivity contribution in [3.8, 4) is 0 Å². The second-order valence-corrected chi connectivity index (χ2v) is 14.5. The zero-order valence-corrected chi connectivity index (χ0v) is 22.2. The molecule has 5 N–H and O–H groups in total. The second-order valence-electron chi connectivity index (χ2n) is 14.5. The molecule has 6 nitrogen and oxygen atoms in total. The van der Waals surface area contributed by atoms with Gasteiger partial charge in [-0.15, -0.1) is 0 Å². The number of ketones is 1. The lowest BCUT2D eigenvalue weighted by molar-refractivity contribution is -0.256. The van der Waals surface area contributed by atoms with E-state index in [1.807, 2.05) is 13.8 Å². The third-order valence-corrected chi connectivity index (χ3v) is 12.7. The first-order valence-corrected chi connectivity index (χ1v) is 13.7. The van der Waals surface area contributed by atoms with Crippen LogP contribution in [0.3, 0.4) is 0 Å². The van der Waals surface area contributed by atoms with Gasteiger partial charge in [0.05, 0.1) is 31.5 Å². The number of Topliss-reactive ketones (excluding diaryl/α,β-unsaturated/α-hetero) is 1. The molecule has 0 aromatic heterocycles. The molecule has 9 atom stereocenters. The number of hydrogen-bond donors (Lipinski definition) is 5. The molecule has 0 amide bonds. The Morgan fingerprint density at radius 1 is 0.943 bits per heavy atom. The summed E-state index contributed by atoms with van der Waals surface area (Å²) in [6.45, 7) is 10.1. The van der Waals surface area contributed by atoms with E-state index in [9.17, 15) is 30.3 Å². The molecule has 5 rings (SSSR count). The third kappa shape index (κ3) is 2.98. The van der Waals surface area contributed by atoms with Crippen LogP contribution in [0.15, 0.2) is 11.6 Å². The van der Waals surface area contributed by atoms with Gasteiger partial charge in [-0.2, -0.15) is 0 Å². The highest BCUT2D eigenvalue weighted by Crippen LogP contribution is 2.74. The van der Waals surface area contributed by atoms with Crippen molar-refractivity contribution in [2.75, 3.05) is 13.2 Å². The van der Waals surface area contributed by atoms with Gasteiger partial charge in [0.25, 0.3) is 0 Å². The van der Waals surface area contributed by atoms with Gasteiger partial charge >= 0.3 is 0 Å².